The fourth-order valence-electron chi connectivity index (χ4n) is 2.02. The van der Waals surface area contributed by atoms with Crippen LogP contribution in [0.5, 0.6) is 0 Å². The molecule has 8 heteroatoms. The highest BCUT2D eigenvalue weighted by Crippen LogP contribution is 2.22. The van der Waals surface area contributed by atoms with E-state index < -0.39 is 0 Å². The number of hydrogen-bond donors (Lipinski definition) is 1. The first-order valence-corrected chi connectivity index (χ1v) is 7.96. The quantitative estimate of drug-likeness (QED) is 0.508. The monoisotopic (exact) mass is 328 g/mol. The summed E-state index contributed by atoms with van der Waals surface area (Å²) < 4.78 is 0. The molecule has 0 spiro atoms. The summed E-state index contributed by atoms with van der Waals surface area (Å²) in [5, 5.41) is 15.5. The summed E-state index contributed by atoms with van der Waals surface area (Å²) in [5.41, 5.74) is 1.20. The molecular weight excluding hydrogens is 312 g/mol. The second kappa shape index (κ2) is 7.63. The van der Waals surface area contributed by atoms with Crippen LogP contribution in [-0.4, -0.2) is 40.7 Å². The van der Waals surface area contributed by atoms with E-state index in [1.54, 1.807) is 12.3 Å². The third-order valence-corrected chi connectivity index (χ3v) is 4.38. The van der Waals surface area contributed by atoms with Gasteiger partial charge in [0.25, 0.3) is 5.70 Å². The van der Waals surface area contributed by atoms with Gasteiger partial charge in [0.2, 0.25) is 0 Å². The Morgan fingerprint density at radius 2 is 2.43 bits per heavy atom. The minimum absolute atomic E-state index is 0.226. The average molecular weight is 329 g/mol. The van der Waals surface area contributed by atoms with Gasteiger partial charge in [-0.1, -0.05) is 17.7 Å². The van der Waals surface area contributed by atoms with Crippen molar-refractivity contribution in [2.45, 2.75) is 13.0 Å². The number of halogens is 1. The van der Waals surface area contributed by atoms with Gasteiger partial charge in [0.05, 0.1) is 11.5 Å². The molecule has 0 amide bonds. The normalized spacial score (nSPS) is 17.5. The van der Waals surface area contributed by atoms with Crippen molar-refractivity contribution in [3.8, 4) is 0 Å². The number of rotatable bonds is 5. The second-order valence-electron chi connectivity index (χ2n) is 4.82. The summed E-state index contributed by atoms with van der Waals surface area (Å²) in [6.45, 7) is 1.66. The molecule has 0 atom stereocenters. The maximum absolute atomic E-state index is 11.3. The van der Waals surface area contributed by atoms with Crippen LogP contribution in [0.15, 0.2) is 29.1 Å². The van der Waals surface area contributed by atoms with E-state index in [1.165, 1.54) is 11.8 Å². The van der Waals surface area contributed by atoms with Gasteiger partial charge in [-0.05, 0) is 25.1 Å². The zero-order chi connectivity index (χ0) is 15.2. The predicted octanol–water partition coefficient (Wildman–Crippen LogP) is 2.34. The molecule has 2 heterocycles. The molecule has 2 rings (SSSR count). The SMILES string of the molecule is CN(C/C(=C1\NCCCS1)[N+](=O)[O-])Cc1ccc(Cl)nc1. The highest BCUT2D eigenvalue weighted by atomic mass is 35.5. The number of nitro groups is 1. The molecule has 6 nitrogen and oxygen atoms in total. The predicted molar refractivity (Wildman–Crippen MR) is 84.7 cm³/mol. The Kier molecular flexibility index (Phi) is 5.84. The first-order chi connectivity index (χ1) is 10.1. The van der Waals surface area contributed by atoms with Crippen LogP contribution in [-0.2, 0) is 6.54 Å². The molecule has 1 aromatic rings. The second-order valence-corrected chi connectivity index (χ2v) is 6.32. The van der Waals surface area contributed by atoms with E-state index in [9.17, 15) is 10.1 Å². The minimum Gasteiger partial charge on any atom is -0.374 e. The van der Waals surface area contributed by atoms with E-state index in [0.717, 1.165) is 24.3 Å². The molecule has 21 heavy (non-hydrogen) atoms. The van der Waals surface area contributed by atoms with Crippen molar-refractivity contribution < 1.29 is 4.92 Å². The van der Waals surface area contributed by atoms with Crippen molar-refractivity contribution in [2.75, 3.05) is 25.9 Å². The van der Waals surface area contributed by atoms with Crippen LogP contribution >= 0.6 is 23.4 Å². The number of thioether (sulfide) groups is 1. The van der Waals surface area contributed by atoms with Gasteiger partial charge in [0.15, 0.2) is 0 Å². The molecule has 0 aliphatic carbocycles. The number of nitrogens with zero attached hydrogens (tertiary/aromatic N) is 3. The van der Waals surface area contributed by atoms with Crippen molar-refractivity contribution in [3.63, 3.8) is 0 Å². The zero-order valence-electron chi connectivity index (χ0n) is 11.7. The highest BCUT2D eigenvalue weighted by molar-refractivity contribution is 8.03. The summed E-state index contributed by atoms with van der Waals surface area (Å²) in [4.78, 5) is 16.9. The molecule has 114 valence electrons. The highest BCUT2D eigenvalue weighted by Gasteiger charge is 2.22. The van der Waals surface area contributed by atoms with Crippen LogP contribution in [0.1, 0.15) is 12.0 Å². The van der Waals surface area contributed by atoms with E-state index in [2.05, 4.69) is 10.3 Å². The summed E-state index contributed by atoms with van der Waals surface area (Å²) >= 11 is 7.26. The average Bonchev–Trinajstić information content (AvgIpc) is 2.48. The molecular formula is C13H17ClN4O2S. The Bertz CT molecular complexity index is 527. The summed E-state index contributed by atoms with van der Waals surface area (Å²) in [7, 11) is 1.85. The zero-order valence-corrected chi connectivity index (χ0v) is 13.3. The Morgan fingerprint density at radius 3 is 3.00 bits per heavy atom. The van der Waals surface area contributed by atoms with Gasteiger partial charge in [-0.3, -0.25) is 15.0 Å². The van der Waals surface area contributed by atoms with Crippen molar-refractivity contribution in [3.05, 3.63) is 49.9 Å². The maximum Gasteiger partial charge on any atom is 0.289 e. The number of pyridine rings is 1. The fraction of sp³-hybridized carbons (Fsp3) is 0.462. The Labute approximate surface area is 132 Å². The van der Waals surface area contributed by atoms with E-state index >= 15 is 0 Å². The van der Waals surface area contributed by atoms with Crippen molar-refractivity contribution in [1.29, 1.82) is 0 Å². The maximum atomic E-state index is 11.3. The van der Waals surface area contributed by atoms with Crippen LogP contribution in [0.4, 0.5) is 0 Å². The molecule has 1 fully saturated rings. The van der Waals surface area contributed by atoms with E-state index in [-0.39, 0.29) is 17.2 Å². The first kappa shape index (κ1) is 16.1. The molecule has 1 aliphatic rings. The van der Waals surface area contributed by atoms with Crippen LogP contribution in [0, 0.1) is 10.1 Å². The van der Waals surface area contributed by atoms with Crippen LogP contribution < -0.4 is 5.32 Å². The third-order valence-electron chi connectivity index (χ3n) is 3.00. The molecule has 0 unspecified atom stereocenters. The lowest BCUT2D eigenvalue weighted by Gasteiger charge is -2.19. The van der Waals surface area contributed by atoms with Crippen LogP contribution in [0.25, 0.3) is 0 Å². The van der Waals surface area contributed by atoms with E-state index in [4.69, 9.17) is 11.6 Å². The van der Waals surface area contributed by atoms with Gasteiger partial charge in [-0.2, -0.15) is 0 Å². The molecule has 0 saturated carbocycles. The number of nitrogens with one attached hydrogen (secondary N) is 1. The lowest BCUT2D eigenvalue weighted by molar-refractivity contribution is -0.428. The molecule has 0 aromatic carbocycles. The van der Waals surface area contributed by atoms with Gasteiger partial charge in [-0.25, -0.2) is 4.98 Å². The Morgan fingerprint density at radius 1 is 1.62 bits per heavy atom. The molecule has 1 aromatic heterocycles. The fourth-order valence-corrected chi connectivity index (χ4v) is 3.13. The first-order valence-electron chi connectivity index (χ1n) is 6.59. The van der Waals surface area contributed by atoms with Crippen molar-refractivity contribution in [2.24, 2.45) is 0 Å². The standard InChI is InChI=1S/C13H17ClN4O2S/c1-17(8-10-3-4-12(14)16-7-10)9-11(18(19)20)13-15-5-2-6-21-13/h3-4,7,15H,2,5-6,8-9H2,1H3/b13-11-. The van der Waals surface area contributed by atoms with E-state index in [1.807, 2.05) is 18.0 Å². The Hall–Kier alpha value is -1.31. The minimum atomic E-state index is -0.294. The van der Waals surface area contributed by atoms with Gasteiger partial charge < -0.3 is 5.32 Å². The van der Waals surface area contributed by atoms with Gasteiger partial charge in [0.1, 0.15) is 10.2 Å². The molecule has 1 N–H and O–H groups in total. The third kappa shape index (κ3) is 4.87. The van der Waals surface area contributed by atoms with Gasteiger partial charge >= 0.3 is 0 Å². The summed E-state index contributed by atoms with van der Waals surface area (Å²) in [6.07, 6.45) is 2.72. The topological polar surface area (TPSA) is 71.3 Å². The largest absolute Gasteiger partial charge is 0.374 e. The van der Waals surface area contributed by atoms with Gasteiger partial charge in [-0.15, -0.1) is 11.8 Å². The smallest absolute Gasteiger partial charge is 0.289 e. The number of aromatic nitrogens is 1. The Balaban J connectivity index is 2.03. The van der Waals surface area contributed by atoms with E-state index in [0.29, 0.717) is 16.7 Å². The lowest BCUT2D eigenvalue weighted by Crippen LogP contribution is -2.29. The molecule has 1 saturated heterocycles. The van der Waals surface area contributed by atoms with Gasteiger partial charge in [0, 0.05) is 25.0 Å². The van der Waals surface area contributed by atoms with Crippen LogP contribution in [0.2, 0.25) is 5.15 Å². The van der Waals surface area contributed by atoms with Crippen molar-refractivity contribution >= 4 is 23.4 Å². The number of likely N-dealkylation sites (N-methyl/N-ethyl adjacent to an activating group) is 1. The lowest BCUT2D eigenvalue weighted by atomic mass is 10.2. The molecule has 0 radical (unpaired) electrons. The summed E-state index contributed by atoms with van der Waals surface area (Å²) in [6, 6.07) is 3.59. The number of hydrogen-bond acceptors (Lipinski definition) is 6. The molecule has 1 aliphatic heterocycles. The van der Waals surface area contributed by atoms with Crippen molar-refractivity contribution in [1.82, 2.24) is 15.2 Å². The molecule has 0 bridgehead atoms. The summed E-state index contributed by atoms with van der Waals surface area (Å²) in [5.74, 6) is 0.921. The van der Waals surface area contributed by atoms with Crippen LogP contribution in [0.3, 0.4) is 0 Å².